The summed E-state index contributed by atoms with van der Waals surface area (Å²) in [6.45, 7) is 1.55. The van der Waals surface area contributed by atoms with Crippen LogP contribution in [0.4, 0.5) is 5.69 Å². The van der Waals surface area contributed by atoms with Crippen molar-refractivity contribution in [3.8, 4) is 0 Å². The van der Waals surface area contributed by atoms with Gasteiger partial charge in [0.05, 0.1) is 0 Å². The molecule has 1 atom stereocenters. The quantitative estimate of drug-likeness (QED) is 0.357. The van der Waals surface area contributed by atoms with Crippen molar-refractivity contribution in [2.24, 2.45) is 0 Å². The Bertz CT molecular complexity index is 735. The average Bonchev–Trinajstić information content (AvgIpc) is 2.62. The lowest BCUT2D eigenvalue weighted by Gasteiger charge is -2.13. The molecule has 2 aromatic carbocycles. The predicted octanol–water partition coefficient (Wildman–Crippen LogP) is 5.44. The Kier molecular flexibility index (Phi) is 8.29. The van der Waals surface area contributed by atoms with Crippen molar-refractivity contribution >= 4 is 52.5 Å². The largest absolute Gasteiger partial charge is 0.453 e. The highest BCUT2D eigenvalue weighted by Gasteiger charge is 2.17. The van der Waals surface area contributed by atoms with Crippen LogP contribution in [0.3, 0.4) is 0 Å². The second kappa shape index (κ2) is 10.5. The Labute approximate surface area is 167 Å². The number of amides is 1. The fraction of sp³-hybridized carbons (Fsp3) is 0.263. The molecule has 0 saturated heterocycles. The lowest BCUT2D eigenvalue weighted by atomic mass is 10.3. The van der Waals surface area contributed by atoms with Crippen LogP contribution in [-0.2, 0) is 14.3 Å². The lowest BCUT2D eigenvalue weighted by Crippen LogP contribution is -2.29. The molecule has 0 bridgehead atoms. The number of thioether (sulfide) groups is 1. The van der Waals surface area contributed by atoms with E-state index in [1.807, 2.05) is 24.3 Å². The third-order valence-electron chi connectivity index (χ3n) is 3.40. The van der Waals surface area contributed by atoms with Gasteiger partial charge in [-0.1, -0.05) is 23.2 Å². The third kappa shape index (κ3) is 7.28. The van der Waals surface area contributed by atoms with Crippen molar-refractivity contribution in [3.05, 3.63) is 58.6 Å². The van der Waals surface area contributed by atoms with Gasteiger partial charge in [0.1, 0.15) is 0 Å². The van der Waals surface area contributed by atoms with Gasteiger partial charge in [-0.25, -0.2) is 0 Å². The van der Waals surface area contributed by atoms with Crippen LogP contribution in [0.15, 0.2) is 53.4 Å². The Hall–Kier alpha value is -1.69. The SMILES string of the molecule is C[C@@H](OC(=O)CCCSc1ccc(Cl)cc1)C(=O)Nc1ccc(Cl)cc1. The van der Waals surface area contributed by atoms with Crippen LogP contribution in [0.2, 0.25) is 10.0 Å². The molecular weight excluding hydrogens is 393 g/mol. The molecule has 138 valence electrons. The topological polar surface area (TPSA) is 55.4 Å². The van der Waals surface area contributed by atoms with Crippen molar-refractivity contribution in [3.63, 3.8) is 0 Å². The molecular formula is C19H19Cl2NO3S. The number of carbonyl (C=O) groups is 2. The molecule has 0 radical (unpaired) electrons. The molecule has 0 aliphatic rings. The maximum atomic E-state index is 12.0. The highest BCUT2D eigenvalue weighted by atomic mass is 35.5. The van der Waals surface area contributed by atoms with Gasteiger partial charge < -0.3 is 10.1 Å². The van der Waals surface area contributed by atoms with Crippen LogP contribution in [0.25, 0.3) is 0 Å². The predicted molar refractivity (Wildman–Crippen MR) is 107 cm³/mol. The van der Waals surface area contributed by atoms with E-state index in [-0.39, 0.29) is 18.3 Å². The molecule has 0 saturated carbocycles. The summed E-state index contributed by atoms with van der Waals surface area (Å²) in [7, 11) is 0. The Morgan fingerprint density at radius 3 is 2.23 bits per heavy atom. The molecule has 1 N–H and O–H groups in total. The van der Waals surface area contributed by atoms with Gasteiger partial charge in [-0.05, 0) is 67.6 Å². The molecule has 4 nitrogen and oxygen atoms in total. The second-order valence-electron chi connectivity index (χ2n) is 5.53. The number of esters is 1. The molecule has 26 heavy (non-hydrogen) atoms. The number of rotatable bonds is 8. The van der Waals surface area contributed by atoms with Crippen LogP contribution in [0.1, 0.15) is 19.8 Å². The summed E-state index contributed by atoms with van der Waals surface area (Å²) in [6.07, 6.45) is 0.0682. The zero-order valence-electron chi connectivity index (χ0n) is 14.2. The van der Waals surface area contributed by atoms with E-state index in [1.54, 1.807) is 43.0 Å². The van der Waals surface area contributed by atoms with Crippen LogP contribution < -0.4 is 5.32 Å². The van der Waals surface area contributed by atoms with Crippen molar-refractivity contribution in [1.82, 2.24) is 0 Å². The van der Waals surface area contributed by atoms with E-state index >= 15 is 0 Å². The maximum absolute atomic E-state index is 12.0. The number of hydrogen-bond acceptors (Lipinski definition) is 4. The van der Waals surface area contributed by atoms with E-state index in [2.05, 4.69) is 5.32 Å². The smallest absolute Gasteiger partial charge is 0.306 e. The molecule has 0 fully saturated rings. The molecule has 0 heterocycles. The summed E-state index contributed by atoms with van der Waals surface area (Å²) >= 11 is 13.3. The minimum atomic E-state index is -0.859. The molecule has 2 aromatic rings. The van der Waals surface area contributed by atoms with E-state index in [4.69, 9.17) is 27.9 Å². The minimum Gasteiger partial charge on any atom is -0.453 e. The summed E-state index contributed by atoms with van der Waals surface area (Å²) in [4.78, 5) is 25.0. The first kappa shape index (κ1) is 20.6. The van der Waals surface area contributed by atoms with E-state index < -0.39 is 6.10 Å². The van der Waals surface area contributed by atoms with E-state index in [1.165, 1.54) is 0 Å². The summed E-state index contributed by atoms with van der Waals surface area (Å²) in [5, 5.41) is 3.96. The van der Waals surface area contributed by atoms with Gasteiger partial charge in [0.25, 0.3) is 5.91 Å². The molecule has 0 spiro atoms. The Balaban J connectivity index is 1.66. The van der Waals surface area contributed by atoms with Crippen LogP contribution in [0, 0.1) is 0 Å². The third-order valence-corrected chi connectivity index (χ3v) is 5.00. The number of carbonyl (C=O) groups excluding carboxylic acids is 2. The maximum Gasteiger partial charge on any atom is 0.306 e. The molecule has 0 unspecified atom stereocenters. The zero-order valence-corrected chi connectivity index (χ0v) is 16.5. The Morgan fingerprint density at radius 2 is 1.62 bits per heavy atom. The van der Waals surface area contributed by atoms with E-state index in [0.29, 0.717) is 22.2 Å². The molecule has 0 aliphatic heterocycles. The first-order chi connectivity index (χ1) is 12.4. The standard InChI is InChI=1S/C19H19Cl2NO3S/c1-13(19(24)22-16-8-4-14(20)5-9-16)25-18(23)3-2-12-26-17-10-6-15(21)7-11-17/h4-11,13H,2-3,12H2,1H3,(H,22,24)/t13-/m1/s1. The Morgan fingerprint density at radius 1 is 1.04 bits per heavy atom. The average molecular weight is 412 g/mol. The lowest BCUT2D eigenvalue weighted by molar-refractivity contribution is -0.153. The number of halogens is 2. The molecule has 7 heteroatoms. The summed E-state index contributed by atoms with van der Waals surface area (Å²) < 4.78 is 5.17. The number of benzene rings is 2. The van der Waals surface area contributed by atoms with E-state index in [0.717, 1.165) is 10.6 Å². The fourth-order valence-corrected chi connectivity index (χ4v) is 3.13. The molecule has 0 aromatic heterocycles. The van der Waals surface area contributed by atoms with Gasteiger partial charge in [-0.2, -0.15) is 0 Å². The van der Waals surface area contributed by atoms with E-state index in [9.17, 15) is 9.59 Å². The van der Waals surface area contributed by atoms with Crippen molar-refractivity contribution in [1.29, 1.82) is 0 Å². The second-order valence-corrected chi connectivity index (χ2v) is 7.58. The number of nitrogens with one attached hydrogen (secondary N) is 1. The molecule has 0 aliphatic carbocycles. The number of hydrogen-bond donors (Lipinski definition) is 1. The summed E-state index contributed by atoms with van der Waals surface area (Å²) in [5.74, 6) is 0.0129. The van der Waals surface area contributed by atoms with Crippen molar-refractivity contribution < 1.29 is 14.3 Å². The van der Waals surface area contributed by atoms with Gasteiger partial charge in [0.15, 0.2) is 6.10 Å². The zero-order chi connectivity index (χ0) is 18.9. The monoisotopic (exact) mass is 411 g/mol. The first-order valence-corrected chi connectivity index (χ1v) is 9.82. The van der Waals surface area contributed by atoms with Gasteiger partial charge in [0, 0.05) is 27.0 Å². The van der Waals surface area contributed by atoms with Gasteiger partial charge in [-0.15, -0.1) is 11.8 Å². The number of anilines is 1. The normalized spacial score (nSPS) is 11.7. The highest BCUT2D eigenvalue weighted by molar-refractivity contribution is 7.99. The van der Waals surface area contributed by atoms with Crippen LogP contribution >= 0.6 is 35.0 Å². The first-order valence-electron chi connectivity index (χ1n) is 8.08. The van der Waals surface area contributed by atoms with Crippen LogP contribution in [-0.4, -0.2) is 23.7 Å². The van der Waals surface area contributed by atoms with Crippen molar-refractivity contribution in [2.75, 3.05) is 11.1 Å². The minimum absolute atomic E-state index is 0.263. The van der Waals surface area contributed by atoms with Gasteiger partial charge in [0.2, 0.25) is 0 Å². The molecule has 1 amide bonds. The molecule has 2 rings (SSSR count). The highest BCUT2D eigenvalue weighted by Crippen LogP contribution is 2.21. The van der Waals surface area contributed by atoms with Crippen molar-refractivity contribution in [2.45, 2.75) is 30.8 Å². The van der Waals surface area contributed by atoms with Gasteiger partial charge >= 0.3 is 5.97 Å². The number of ether oxygens (including phenoxy) is 1. The van der Waals surface area contributed by atoms with Crippen LogP contribution in [0.5, 0.6) is 0 Å². The summed E-state index contributed by atoms with van der Waals surface area (Å²) in [5.41, 5.74) is 0.599. The van der Waals surface area contributed by atoms with Gasteiger partial charge in [-0.3, -0.25) is 9.59 Å². The summed E-state index contributed by atoms with van der Waals surface area (Å²) in [6, 6.07) is 14.3. The fourth-order valence-electron chi connectivity index (χ4n) is 2.02.